The fourth-order valence-electron chi connectivity index (χ4n) is 3.38. The third-order valence-electron chi connectivity index (χ3n) is 4.88. The van der Waals surface area contributed by atoms with Gasteiger partial charge in [0, 0.05) is 24.2 Å². The smallest absolute Gasteiger partial charge is 0.316 e. The predicted molar refractivity (Wildman–Crippen MR) is 115 cm³/mol. The standard InChI is InChI=1S/C22H24ClNO4S/c23-18-8-6-17(7-9-18)21(16-4-2-1-3-5-16)29-14-19(25)28-20(22(24)26)15-10-12-27-13-11-15/h1-9,15,20-21H,10-14H2,(H2,24,26). The molecule has 2 aromatic carbocycles. The maximum absolute atomic E-state index is 12.5. The first-order valence-corrected chi connectivity index (χ1v) is 11.0. The molecule has 3 rings (SSSR count). The molecular formula is C22H24ClNO4S. The molecule has 29 heavy (non-hydrogen) atoms. The predicted octanol–water partition coefficient (Wildman–Crippen LogP) is 3.99. The van der Waals surface area contributed by atoms with Gasteiger partial charge in [-0.15, -0.1) is 11.8 Å². The minimum absolute atomic E-state index is 0.0591. The van der Waals surface area contributed by atoms with Gasteiger partial charge >= 0.3 is 5.97 Å². The lowest BCUT2D eigenvalue weighted by atomic mass is 9.93. The molecule has 7 heteroatoms. The monoisotopic (exact) mass is 433 g/mol. The van der Waals surface area contributed by atoms with Gasteiger partial charge in [-0.1, -0.05) is 54.1 Å². The molecule has 2 N–H and O–H groups in total. The lowest BCUT2D eigenvalue weighted by molar-refractivity contribution is -0.157. The van der Waals surface area contributed by atoms with E-state index < -0.39 is 18.0 Å². The van der Waals surface area contributed by atoms with E-state index in [9.17, 15) is 9.59 Å². The number of rotatable bonds is 8. The summed E-state index contributed by atoms with van der Waals surface area (Å²) in [6, 6.07) is 17.5. The van der Waals surface area contributed by atoms with Gasteiger partial charge in [0.05, 0.1) is 11.0 Å². The average molecular weight is 434 g/mol. The first-order chi connectivity index (χ1) is 14.0. The van der Waals surface area contributed by atoms with Crippen LogP contribution >= 0.6 is 23.4 Å². The maximum Gasteiger partial charge on any atom is 0.316 e. The number of thioether (sulfide) groups is 1. The third-order valence-corrected chi connectivity index (χ3v) is 6.41. The van der Waals surface area contributed by atoms with Gasteiger partial charge in [-0.2, -0.15) is 0 Å². The van der Waals surface area contributed by atoms with Crippen molar-refractivity contribution in [3.05, 3.63) is 70.7 Å². The van der Waals surface area contributed by atoms with Gasteiger partial charge in [0.25, 0.3) is 5.91 Å². The van der Waals surface area contributed by atoms with Crippen LogP contribution in [0.3, 0.4) is 0 Å². The zero-order chi connectivity index (χ0) is 20.6. The number of halogens is 1. The highest BCUT2D eigenvalue weighted by atomic mass is 35.5. The van der Waals surface area contributed by atoms with E-state index in [1.807, 2.05) is 54.6 Å². The molecule has 1 amide bonds. The Morgan fingerprint density at radius 1 is 1.07 bits per heavy atom. The summed E-state index contributed by atoms with van der Waals surface area (Å²) < 4.78 is 10.8. The number of ether oxygens (including phenoxy) is 2. The second kappa shape index (κ2) is 10.7. The van der Waals surface area contributed by atoms with Gasteiger partial charge in [0.2, 0.25) is 0 Å². The van der Waals surface area contributed by atoms with Gasteiger partial charge in [0.1, 0.15) is 0 Å². The molecule has 0 bridgehead atoms. The van der Waals surface area contributed by atoms with E-state index in [0.717, 1.165) is 11.1 Å². The van der Waals surface area contributed by atoms with E-state index in [-0.39, 0.29) is 16.9 Å². The summed E-state index contributed by atoms with van der Waals surface area (Å²) in [6.07, 6.45) is 0.411. The zero-order valence-electron chi connectivity index (χ0n) is 16.0. The van der Waals surface area contributed by atoms with Crippen LogP contribution in [0.5, 0.6) is 0 Å². The lowest BCUT2D eigenvalue weighted by Gasteiger charge is -2.28. The third kappa shape index (κ3) is 6.23. The van der Waals surface area contributed by atoms with Crippen LogP contribution in [0.15, 0.2) is 54.6 Å². The summed E-state index contributed by atoms with van der Waals surface area (Å²) in [6.45, 7) is 1.10. The summed E-state index contributed by atoms with van der Waals surface area (Å²) in [5.41, 5.74) is 7.60. The zero-order valence-corrected chi connectivity index (χ0v) is 17.5. The van der Waals surface area contributed by atoms with Gasteiger partial charge in [-0.05, 0) is 36.1 Å². The summed E-state index contributed by atoms with van der Waals surface area (Å²) in [5.74, 6) is -1.03. The molecule has 2 aromatic rings. The molecule has 154 valence electrons. The Morgan fingerprint density at radius 3 is 2.31 bits per heavy atom. The van der Waals surface area contributed by atoms with Crippen molar-refractivity contribution in [1.82, 2.24) is 0 Å². The molecule has 2 atom stereocenters. The number of amides is 1. The van der Waals surface area contributed by atoms with Crippen molar-refractivity contribution < 1.29 is 19.1 Å². The fourth-order valence-corrected chi connectivity index (χ4v) is 4.58. The van der Waals surface area contributed by atoms with Crippen LogP contribution < -0.4 is 5.73 Å². The normalized spacial score (nSPS) is 16.7. The molecule has 0 radical (unpaired) electrons. The van der Waals surface area contributed by atoms with E-state index in [4.69, 9.17) is 26.8 Å². The Hall–Kier alpha value is -2.02. The molecule has 2 unspecified atom stereocenters. The molecule has 1 heterocycles. The summed E-state index contributed by atoms with van der Waals surface area (Å²) in [4.78, 5) is 24.4. The number of carbonyl (C=O) groups is 2. The van der Waals surface area contributed by atoms with E-state index in [0.29, 0.717) is 31.1 Å². The topological polar surface area (TPSA) is 78.6 Å². The molecule has 1 aliphatic rings. The van der Waals surface area contributed by atoms with Crippen molar-refractivity contribution in [2.45, 2.75) is 24.2 Å². The first-order valence-electron chi connectivity index (χ1n) is 9.53. The fraction of sp³-hybridized carbons (Fsp3) is 0.364. The van der Waals surface area contributed by atoms with E-state index in [2.05, 4.69) is 0 Å². The van der Waals surface area contributed by atoms with Gasteiger partial charge < -0.3 is 15.2 Å². The number of primary amides is 1. The second-order valence-corrected chi connectivity index (χ2v) is 8.45. The largest absolute Gasteiger partial charge is 0.451 e. The number of esters is 1. The van der Waals surface area contributed by atoms with Gasteiger partial charge in [-0.25, -0.2) is 0 Å². The molecule has 5 nitrogen and oxygen atoms in total. The molecule has 1 aliphatic heterocycles. The number of benzene rings is 2. The molecule has 0 aromatic heterocycles. The summed E-state index contributed by atoms with van der Waals surface area (Å²) in [7, 11) is 0. The molecule has 0 spiro atoms. The van der Waals surface area contributed by atoms with Crippen molar-refractivity contribution >= 4 is 35.2 Å². The SMILES string of the molecule is NC(=O)C(OC(=O)CSC(c1ccccc1)c1ccc(Cl)cc1)C1CCOCC1. The molecule has 0 saturated carbocycles. The van der Waals surface area contributed by atoms with Crippen LogP contribution in [-0.4, -0.2) is 36.9 Å². The Bertz CT molecular complexity index is 809. The summed E-state index contributed by atoms with van der Waals surface area (Å²) >= 11 is 7.46. The van der Waals surface area contributed by atoms with Crippen LogP contribution in [-0.2, 0) is 19.1 Å². The summed E-state index contributed by atoms with van der Waals surface area (Å²) in [5, 5.41) is 0.599. The van der Waals surface area contributed by atoms with Crippen molar-refractivity contribution in [3.8, 4) is 0 Å². The van der Waals surface area contributed by atoms with Crippen LogP contribution in [0.4, 0.5) is 0 Å². The van der Waals surface area contributed by atoms with Gasteiger partial charge in [-0.3, -0.25) is 9.59 Å². The Labute approximate surface area is 179 Å². The Kier molecular flexibility index (Phi) is 7.98. The minimum Gasteiger partial charge on any atom is -0.451 e. The Balaban J connectivity index is 1.67. The maximum atomic E-state index is 12.5. The average Bonchev–Trinajstić information content (AvgIpc) is 2.74. The van der Waals surface area contributed by atoms with Crippen molar-refractivity contribution in [3.63, 3.8) is 0 Å². The van der Waals surface area contributed by atoms with Crippen LogP contribution in [0.25, 0.3) is 0 Å². The first kappa shape index (κ1) is 21.7. The van der Waals surface area contributed by atoms with Crippen molar-refractivity contribution in [1.29, 1.82) is 0 Å². The second-order valence-electron chi connectivity index (χ2n) is 6.92. The number of hydrogen-bond donors (Lipinski definition) is 1. The lowest BCUT2D eigenvalue weighted by Crippen LogP contribution is -2.41. The van der Waals surface area contributed by atoms with Crippen molar-refractivity contribution in [2.24, 2.45) is 11.7 Å². The number of nitrogens with two attached hydrogens (primary N) is 1. The highest BCUT2D eigenvalue weighted by Crippen LogP contribution is 2.36. The van der Waals surface area contributed by atoms with E-state index >= 15 is 0 Å². The Morgan fingerprint density at radius 2 is 1.69 bits per heavy atom. The quantitative estimate of drug-likeness (QED) is 0.637. The van der Waals surface area contributed by atoms with E-state index in [1.54, 1.807) is 0 Å². The van der Waals surface area contributed by atoms with Crippen LogP contribution in [0.1, 0.15) is 29.2 Å². The number of carbonyl (C=O) groups excluding carboxylic acids is 2. The highest BCUT2D eigenvalue weighted by Gasteiger charge is 2.32. The molecule has 1 saturated heterocycles. The number of hydrogen-bond acceptors (Lipinski definition) is 5. The van der Waals surface area contributed by atoms with E-state index in [1.165, 1.54) is 11.8 Å². The highest BCUT2D eigenvalue weighted by molar-refractivity contribution is 8.00. The minimum atomic E-state index is -0.905. The molecular weight excluding hydrogens is 410 g/mol. The molecule has 1 fully saturated rings. The molecule has 0 aliphatic carbocycles. The van der Waals surface area contributed by atoms with Gasteiger partial charge in [0.15, 0.2) is 6.10 Å². The van der Waals surface area contributed by atoms with Crippen LogP contribution in [0.2, 0.25) is 5.02 Å². The van der Waals surface area contributed by atoms with Crippen LogP contribution in [0, 0.1) is 5.92 Å². The van der Waals surface area contributed by atoms with Crippen molar-refractivity contribution in [2.75, 3.05) is 19.0 Å².